The van der Waals surface area contributed by atoms with Crippen molar-refractivity contribution in [1.82, 2.24) is 0 Å². The van der Waals surface area contributed by atoms with Gasteiger partial charge in [-0.1, -0.05) is 40.7 Å². The monoisotopic (exact) mass is 410 g/mol. The first-order valence-corrected chi connectivity index (χ1v) is 10.8. The van der Waals surface area contributed by atoms with Crippen LogP contribution in [-0.4, -0.2) is 12.5 Å². The van der Waals surface area contributed by atoms with Gasteiger partial charge in [0, 0.05) is 18.8 Å². The largest absolute Gasteiger partial charge is 0.369 e. The zero-order valence-electron chi connectivity index (χ0n) is 19.4. The fourth-order valence-corrected chi connectivity index (χ4v) is 4.96. The minimum absolute atomic E-state index is 0.0838. The fourth-order valence-electron chi connectivity index (χ4n) is 4.96. The van der Waals surface area contributed by atoms with Crippen LogP contribution in [0.4, 0.5) is 10.1 Å². The lowest BCUT2D eigenvalue weighted by molar-refractivity contribution is -0.121. The van der Waals surface area contributed by atoms with Crippen molar-refractivity contribution in [2.24, 2.45) is 11.1 Å². The van der Waals surface area contributed by atoms with Crippen molar-refractivity contribution in [3.63, 3.8) is 0 Å². The lowest BCUT2D eigenvalue weighted by atomic mass is 9.73. The second-order valence-electron chi connectivity index (χ2n) is 10.6. The van der Waals surface area contributed by atoms with Crippen molar-refractivity contribution in [1.29, 1.82) is 0 Å². The average molecular weight is 411 g/mol. The van der Waals surface area contributed by atoms with Crippen molar-refractivity contribution in [3.8, 4) is 0 Å². The molecule has 0 radical (unpaired) electrons. The van der Waals surface area contributed by atoms with Crippen molar-refractivity contribution >= 4 is 11.6 Å². The number of primary amides is 1. The van der Waals surface area contributed by atoms with E-state index in [1.807, 2.05) is 6.07 Å². The first kappa shape index (κ1) is 22.3. The van der Waals surface area contributed by atoms with Crippen molar-refractivity contribution < 1.29 is 9.18 Å². The van der Waals surface area contributed by atoms with Crippen molar-refractivity contribution in [2.45, 2.75) is 72.8 Å². The Morgan fingerprint density at radius 1 is 1.13 bits per heavy atom. The number of aryl methyl sites for hydroxylation is 2. The van der Waals surface area contributed by atoms with Crippen LogP contribution in [0.1, 0.15) is 74.8 Å². The third-order valence-corrected chi connectivity index (χ3v) is 6.55. The molecule has 1 heterocycles. The highest BCUT2D eigenvalue weighted by Gasteiger charge is 2.34. The van der Waals surface area contributed by atoms with E-state index in [9.17, 15) is 9.18 Å². The van der Waals surface area contributed by atoms with Crippen LogP contribution in [0.25, 0.3) is 0 Å². The number of fused-ring (bicyclic) bond motifs is 1. The molecule has 30 heavy (non-hydrogen) atoms. The van der Waals surface area contributed by atoms with Crippen LogP contribution in [0.15, 0.2) is 30.3 Å². The molecule has 1 aliphatic rings. The molecular weight excluding hydrogens is 375 g/mol. The van der Waals surface area contributed by atoms with Crippen LogP contribution < -0.4 is 10.6 Å². The summed E-state index contributed by atoms with van der Waals surface area (Å²) in [5, 5.41) is 0. The highest BCUT2D eigenvalue weighted by Crippen LogP contribution is 2.41. The van der Waals surface area contributed by atoms with Gasteiger partial charge < -0.3 is 10.6 Å². The van der Waals surface area contributed by atoms with Crippen LogP contribution >= 0.6 is 0 Å². The Morgan fingerprint density at radius 3 is 2.27 bits per heavy atom. The van der Waals surface area contributed by atoms with Crippen LogP contribution in [-0.2, 0) is 16.8 Å². The van der Waals surface area contributed by atoms with E-state index in [1.54, 1.807) is 12.1 Å². The molecule has 2 aromatic carbocycles. The Labute approximate surface area is 180 Å². The van der Waals surface area contributed by atoms with Crippen molar-refractivity contribution in [3.05, 3.63) is 64.0 Å². The van der Waals surface area contributed by atoms with Gasteiger partial charge in [-0.15, -0.1) is 0 Å². The Balaban J connectivity index is 2.03. The summed E-state index contributed by atoms with van der Waals surface area (Å²) in [4.78, 5) is 14.7. The van der Waals surface area contributed by atoms with Gasteiger partial charge in [-0.25, -0.2) is 4.39 Å². The van der Waals surface area contributed by atoms with Gasteiger partial charge >= 0.3 is 0 Å². The van der Waals surface area contributed by atoms with Crippen LogP contribution in [0, 0.1) is 25.1 Å². The number of nitrogens with zero attached hydrogens (tertiary/aromatic N) is 1. The average Bonchev–Trinajstić information content (AvgIpc) is 2.73. The van der Waals surface area contributed by atoms with E-state index in [0.29, 0.717) is 0 Å². The molecule has 4 heteroatoms. The number of hydrogen-bond acceptors (Lipinski definition) is 2. The summed E-state index contributed by atoms with van der Waals surface area (Å²) in [6.07, 6.45) is 0.940. The summed E-state index contributed by atoms with van der Waals surface area (Å²) in [5.74, 6) is -0.793. The molecule has 0 saturated carbocycles. The number of anilines is 1. The van der Waals surface area contributed by atoms with Crippen LogP contribution in [0.5, 0.6) is 0 Å². The molecule has 1 unspecified atom stereocenters. The molecule has 0 aromatic heterocycles. The normalized spacial score (nSPS) is 17.3. The maximum atomic E-state index is 13.9. The molecule has 2 aromatic rings. The quantitative estimate of drug-likeness (QED) is 0.701. The summed E-state index contributed by atoms with van der Waals surface area (Å²) in [5.41, 5.74) is 12.1. The van der Waals surface area contributed by atoms with E-state index in [2.05, 4.69) is 65.5 Å². The number of hydrogen-bond donors (Lipinski definition) is 1. The van der Waals surface area contributed by atoms with Gasteiger partial charge in [0.25, 0.3) is 0 Å². The number of benzene rings is 2. The van der Waals surface area contributed by atoms with Gasteiger partial charge in [-0.3, -0.25) is 4.79 Å². The smallest absolute Gasteiger partial charge is 0.225 e. The van der Waals surface area contributed by atoms with E-state index in [1.165, 1.54) is 5.56 Å². The van der Waals surface area contributed by atoms with E-state index >= 15 is 0 Å². The number of halogens is 1. The zero-order valence-corrected chi connectivity index (χ0v) is 19.4. The predicted octanol–water partition coefficient (Wildman–Crippen LogP) is 5.75. The van der Waals surface area contributed by atoms with Gasteiger partial charge in [-0.05, 0) is 83.2 Å². The van der Waals surface area contributed by atoms with Gasteiger partial charge in [0.1, 0.15) is 5.82 Å². The Kier molecular flexibility index (Phi) is 5.74. The molecule has 0 spiro atoms. The maximum absolute atomic E-state index is 13.9. The summed E-state index contributed by atoms with van der Waals surface area (Å²) in [6.45, 7) is 16.3. The molecule has 1 amide bonds. The standard InChI is InChI=1S/C26H35FN2O/c1-16-12-20(13-17(2)22(16)23(24(28)30)25(3,4)5)29-11-10-26(6,7)21-14-19(27)9-8-18(21)15-29/h8-9,12-14,23H,10-11,15H2,1-7H3,(H2,28,30). The molecule has 0 saturated heterocycles. The minimum Gasteiger partial charge on any atom is -0.369 e. The lowest BCUT2D eigenvalue weighted by Crippen LogP contribution is -2.33. The number of amides is 1. The van der Waals surface area contributed by atoms with Gasteiger partial charge in [-0.2, -0.15) is 0 Å². The number of carbonyl (C=O) groups is 1. The molecule has 3 rings (SSSR count). The molecule has 0 aliphatic carbocycles. The number of nitrogens with two attached hydrogens (primary N) is 1. The molecule has 3 nitrogen and oxygen atoms in total. The second kappa shape index (κ2) is 7.72. The summed E-state index contributed by atoms with van der Waals surface area (Å²) >= 11 is 0. The van der Waals surface area contributed by atoms with Crippen LogP contribution in [0.3, 0.4) is 0 Å². The van der Waals surface area contributed by atoms with Gasteiger partial charge in [0.05, 0.1) is 5.92 Å². The second-order valence-corrected chi connectivity index (χ2v) is 10.6. The summed E-state index contributed by atoms with van der Waals surface area (Å²) in [6, 6.07) is 9.51. The maximum Gasteiger partial charge on any atom is 0.225 e. The molecule has 0 bridgehead atoms. The topological polar surface area (TPSA) is 46.3 Å². The summed E-state index contributed by atoms with van der Waals surface area (Å²) in [7, 11) is 0. The predicted molar refractivity (Wildman–Crippen MR) is 122 cm³/mol. The van der Waals surface area contributed by atoms with Gasteiger partial charge in [0.2, 0.25) is 5.91 Å². The number of rotatable bonds is 3. The molecule has 2 N–H and O–H groups in total. The highest BCUT2D eigenvalue weighted by molar-refractivity contribution is 5.84. The summed E-state index contributed by atoms with van der Waals surface area (Å²) < 4.78 is 13.9. The van der Waals surface area contributed by atoms with E-state index in [4.69, 9.17) is 5.73 Å². The lowest BCUT2D eigenvalue weighted by Gasteiger charge is -2.32. The molecular formula is C26H35FN2O. The number of carbonyl (C=O) groups excluding carboxylic acids is 1. The Bertz CT molecular complexity index is 948. The fraction of sp³-hybridized carbons (Fsp3) is 0.500. The minimum atomic E-state index is -0.335. The van der Waals surface area contributed by atoms with E-state index < -0.39 is 0 Å². The third-order valence-electron chi connectivity index (χ3n) is 6.55. The zero-order chi connectivity index (χ0) is 22.4. The van der Waals surface area contributed by atoms with E-state index in [0.717, 1.165) is 47.5 Å². The third kappa shape index (κ3) is 4.23. The van der Waals surface area contributed by atoms with E-state index in [-0.39, 0.29) is 28.5 Å². The SMILES string of the molecule is Cc1cc(N2CCC(C)(C)c3cc(F)ccc3C2)cc(C)c1C(C(N)=O)C(C)(C)C. The Morgan fingerprint density at radius 2 is 1.73 bits per heavy atom. The first-order chi connectivity index (χ1) is 13.8. The molecule has 1 aliphatic heterocycles. The van der Waals surface area contributed by atoms with Gasteiger partial charge in [0.15, 0.2) is 0 Å². The highest BCUT2D eigenvalue weighted by atomic mass is 19.1. The molecule has 1 atom stereocenters. The first-order valence-electron chi connectivity index (χ1n) is 10.8. The van der Waals surface area contributed by atoms with Crippen molar-refractivity contribution in [2.75, 3.05) is 11.4 Å². The Hall–Kier alpha value is -2.36. The molecule has 162 valence electrons. The molecule has 0 fully saturated rings. The van der Waals surface area contributed by atoms with Crippen LogP contribution in [0.2, 0.25) is 0 Å².